The largest absolute Gasteiger partial charge is 0.398 e. The van der Waals surface area contributed by atoms with Crippen molar-refractivity contribution in [3.05, 3.63) is 59.7 Å². The Bertz CT molecular complexity index is 769. The maximum absolute atomic E-state index is 12.5. The SMILES string of the molecule is CC1CCN(C(=O)c2ccc(NC(=O)c3ccccc3N)cc2)CC1.Cl. The number of hydrogen-bond acceptors (Lipinski definition) is 3. The summed E-state index contributed by atoms with van der Waals surface area (Å²) in [6.45, 7) is 3.84. The molecule has 0 atom stereocenters. The monoisotopic (exact) mass is 373 g/mol. The number of nitrogens with zero attached hydrogens (tertiary/aromatic N) is 1. The van der Waals surface area contributed by atoms with Crippen LogP contribution in [-0.2, 0) is 0 Å². The maximum Gasteiger partial charge on any atom is 0.257 e. The molecule has 2 amide bonds. The minimum atomic E-state index is -0.262. The molecule has 1 saturated heterocycles. The third-order valence-electron chi connectivity index (χ3n) is 4.67. The molecular formula is C20H24ClN3O2. The fourth-order valence-electron chi connectivity index (χ4n) is 2.99. The quantitative estimate of drug-likeness (QED) is 0.803. The number of para-hydroxylation sites is 1. The van der Waals surface area contributed by atoms with Gasteiger partial charge in [-0.05, 0) is 55.2 Å². The van der Waals surface area contributed by atoms with Crippen molar-refractivity contribution in [2.24, 2.45) is 5.92 Å². The van der Waals surface area contributed by atoms with Crippen LogP contribution in [0.15, 0.2) is 48.5 Å². The van der Waals surface area contributed by atoms with Crippen molar-refractivity contribution in [1.29, 1.82) is 0 Å². The van der Waals surface area contributed by atoms with Gasteiger partial charge in [0.2, 0.25) is 0 Å². The summed E-state index contributed by atoms with van der Waals surface area (Å²) in [6.07, 6.45) is 2.11. The third kappa shape index (κ3) is 4.55. The zero-order valence-electron chi connectivity index (χ0n) is 14.8. The predicted molar refractivity (Wildman–Crippen MR) is 107 cm³/mol. The maximum atomic E-state index is 12.5. The average molecular weight is 374 g/mol. The number of nitrogens with two attached hydrogens (primary N) is 1. The van der Waals surface area contributed by atoms with Crippen LogP contribution < -0.4 is 11.1 Å². The van der Waals surface area contributed by atoms with Crippen molar-refractivity contribution in [3.8, 4) is 0 Å². The summed E-state index contributed by atoms with van der Waals surface area (Å²) in [6, 6.07) is 13.9. The summed E-state index contributed by atoms with van der Waals surface area (Å²) in [4.78, 5) is 26.7. The second-order valence-electron chi connectivity index (χ2n) is 6.59. The molecule has 0 spiro atoms. The van der Waals surface area contributed by atoms with Gasteiger partial charge in [-0.1, -0.05) is 19.1 Å². The zero-order valence-corrected chi connectivity index (χ0v) is 15.6. The van der Waals surface area contributed by atoms with Crippen molar-refractivity contribution in [2.45, 2.75) is 19.8 Å². The Labute approximate surface area is 160 Å². The normalized spacial score (nSPS) is 14.4. The highest BCUT2D eigenvalue weighted by atomic mass is 35.5. The fraction of sp³-hybridized carbons (Fsp3) is 0.300. The van der Waals surface area contributed by atoms with E-state index in [9.17, 15) is 9.59 Å². The molecule has 6 heteroatoms. The van der Waals surface area contributed by atoms with E-state index in [0.29, 0.717) is 28.4 Å². The first-order chi connectivity index (χ1) is 12.0. The fourth-order valence-corrected chi connectivity index (χ4v) is 2.99. The molecule has 3 N–H and O–H groups in total. The number of halogens is 1. The number of carbonyl (C=O) groups is 2. The lowest BCUT2D eigenvalue weighted by molar-refractivity contribution is 0.0697. The molecule has 0 radical (unpaired) electrons. The third-order valence-corrected chi connectivity index (χ3v) is 4.67. The lowest BCUT2D eigenvalue weighted by Gasteiger charge is -2.30. The van der Waals surface area contributed by atoms with Crippen molar-refractivity contribution < 1.29 is 9.59 Å². The summed E-state index contributed by atoms with van der Waals surface area (Å²) in [5, 5.41) is 2.81. The number of carbonyl (C=O) groups excluding carboxylic acids is 2. The van der Waals surface area contributed by atoms with Crippen molar-refractivity contribution in [3.63, 3.8) is 0 Å². The van der Waals surface area contributed by atoms with Crippen molar-refractivity contribution in [1.82, 2.24) is 4.90 Å². The van der Waals surface area contributed by atoms with Gasteiger partial charge in [0.15, 0.2) is 0 Å². The summed E-state index contributed by atoms with van der Waals surface area (Å²) in [7, 11) is 0. The molecule has 1 heterocycles. The van der Waals surface area contributed by atoms with E-state index in [-0.39, 0.29) is 24.2 Å². The van der Waals surface area contributed by atoms with Crippen molar-refractivity contribution in [2.75, 3.05) is 24.1 Å². The van der Waals surface area contributed by atoms with Gasteiger partial charge >= 0.3 is 0 Å². The van der Waals surface area contributed by atoms with E-state index in [1.165, 1.54) is 0 Å². The van der Waals surface area contributed by atoms with Gasteiger partial charge in [-0.3, -0.25) is 9.59 Å². The first-order valence-electron chi connectivity index (χ1n) is 8.60. The van der Waals surface area contributed by atoms with Crippen LogP contribution in [0.3, 0.4) is 0 Å². The van der Waals surface area contributed by atoms with E-state index >= 15 is 0 Å². The highest BCUT2D eigenvalue weighted by Crippen LogP contribution is 2.20. The number of piperidine rings is 1. The van der Waals surface area contributed by atoms with Crippen LogP contribution in [0.5, 0.6) is 0 Å². The number of benzene rings is 2. The molecular weight excluding hydrogens is 350 g/mol. The number of rotatable bonds is 3. The van der Waals surface area contributed by atoms with E-state index in [2.05, 4.69) is 12.2 Å². The first kappa shape index (κ1) is 19.8. The Hall–Kier alpha value is -2.53. The molecule has 1 aliphatic heterocycles. The van der Waals surface area contributed by atoms with Crippen LogP contribution in [0.4, 0.5) is 11.4 Å². The zero-order chi connectivity index (χ0) is 17.8. The van der Waals surface area contributed by atoms with Gasteiger partial charge in [0, 0.05) is 30.0 Å². The van der Waals surface area contributed by atoms with Crippen LogP contribution in [0.25, 0.3) is 0 Å². The number of amides is 2. The van der Waals surface area contributed by atoms with Crippen LogP contribution in [-0.4, -0.2) is 29.8 Å². The van der Waals surface area contributed by atoms with Crippen molar-refractivity contribution >= 4 is 35.6 Å². The number of hydrogen-bond donors (Lipinski definition) is 2. The number of nitrogens with one attached hydrogen (secondary N) is 1. The van der Waals surface area contributed by atoms with Gasteiger partial charge in [-0.25, -0.2) is 0 Å². The Morgan fingerprint density at radius 2 is 1.65 bits per heavy atom. The molecule has 5 nitrogen and oxygen atoms in total. The first-order valence-corrected chi connectivity index (χ1v) is 8.60. The van der Waals surface area contributed by atoms with Gasteiger partial charge in [0.1, 0.15) is 0 Å². The standard InChI is InChI=1S/C20H23N3O2.ClH/c1-14-10-12-23(13-11-14)20(25)15-6-8-16(9-7-15)22-19(24)17-4-2-3-5-18(17)21;/h2-9,14H,10-13,21H2,1H3,(H,22,24);1H. The molecule has 3 rings (SSSR count). The molecule has 0 unspecified atom stereocenters. The molecule has 0 bridgehead atoms. The van der Waals surface area contributed by atoms with E-state index in [1.54, 1.807) is 48.5 Å². The van der Waals surface area contributed by atoms with Crippen LogP contribution in [0, 0.1) is 5.92 Å². The van der Waals surface area contributed by atoms with Gasteiger partial charge in [0.05, 0.1) is 5.56 Å². The summed E-state index contributed by atoms with van der Waals surface area (Å²) in [5.74, 6) is 0.478. The topological polar surface area (TPSA) is 75.4 Å². The minimum absolute atomic E-state index is 0. The summed E-state index contributed by atoms with van der Waals surface area (Å²) in [5.41, 5.74) is 7.97. The molecule has 26 heavy (non-hydrogen) atoms. The van der Waals surface area contributed by atoms with Crippen LogP contribution in [0.2, 0.25) is 0 Å². The van der Waals surface area contributed by atoms with Crippen LogP contribution >= 0.6 is 12.4 Å². The smallest absolute Gasteiger partial charge is 0.257 e. The highest BCUT2D eigenvalue weighted by Gasteiger charge is 2.21. The Balaban J connectivity index is 0.00000243. The van der Waals surface area contributed by atoms with E-state index in [1.807, 2.05) is 4.90 Å². The Morgan fingerprint density at radius 3 is 2.27 bits per heavy atom. The van der Waals surface area contributed by atoms with E-state index < -0.39 is 0 Å². The van der Waals surface area contributed by atoms with E-state index in [4.69, 9.17) is 5.73 Å². The van der Waals surface area contributed by atoms with Crippen LogP contribution in [0.1, 0.15) is 40.5 Å². The van der Waals surface area contributed by atoms with Gasteiger partial charge in [-0.2, -0.15) is 0 Å². The number of likely N-dealkylation sites (tertiary alicyclic amines) is 1. The lowest BCUT2D eigenvalue weighted by atomic mass is 9.98. The molecule has 2 aromatic carbocycles. The molecule has 0 aliphatic carbocycles. The van der Waals surface area contributed by atoms with E-state index in [0.717, 1.165) is 25.9 Å². The summed E-state index contributed by atoms with van der Waals surface area (Å²) < 4.78 is 0. The van der Waals surface area contributed by atoms with Gasteiger partial charge in [-0.15, -0.1) is 12.4 Å². The highest BCUT2D eigenvalue weighted by molar-refractivity contribution is 6.07. The Morgan fingerprint density at radius 1 is 1.04 bits per heavy atom. The average Bonchev–Trinajstić information content (AvgIpc) is 2.63. The second-order valence-corrected chi connectivity index (χ2v) is 6.59. The Kier molecular flexibility index (Phi) is 6.64. The lowest BCUT2D eigenvalue weighted by Crippen LogP contribution is -2.37. The molecule has 138 valence electrons. The second kappa shape index (κ2) is 8.72. The summed E-state index contributed by atoms with van der Waals surface area (Å²) >= 11 is 0. The molecule has 1 aliphatic rings. The molecule has 0 aromatic heterocycles. The number of anilines is 2. The van der Waals surface area contributed by atoms with Gasteiger partial charge in [0.25, 0.3) is 11.8 Å². The molecule has 2 aromatic rings. The molecule has 0 saturated carbocycles. The minimum Gasteiger partial charge on any atom is -0.398 e. The molecule has 1 fully saturated rings. The predicted octanol–water partition coefficient (Wildman–Crippen LogP) is 3.82. The number of nitrogen functional groups attached to an aromatic ring is 1. The van der Waals surface area contributed by atoms with Gasteiger partial charge < -0.3 is 16.0 Å².